The fourth-order valence-electron chi connectivity index (χ4n) is 9.56. The molecule has 6 aliphatic rings. The maximum absolute atomic E-state index is 13.4. The fraction of sp³-hybridized carbons (Fsp3) is 0.512. The second-order valence-electron chi connectivity index (χ2n) is 16.7. The van der Waals surface area contributed by atoms with Gasteiger partial charge < -0.3 is 30.9 Å². The second-order valence-corrected chi connectivity index (χ2v) is 16.7. The van der Waals surface area contributed by atoms with Crippen LogP contribution in [0.2, 0.25) is 0 Å². The molecule has 19 nitrogen and oxygen atoms in total. The number of imide groups is 2. The van der Waals surface area contributed by atoms with Gasteiger partial charge in [-0.15, -0.1) is 0 Å². The molecule has 4 atom stereocenters. The van der Waals surface area contributed by atoms with E-state index in [9.17, 15) is 29.1 Å². The zero-order chi connectivity index (χ0) is 41.7. The van der Waals surface area contributed by atoms with E-state index in [1.807, 2.05) is 36.3 Å². The molecule has 2 aromatic heterocycles. The van der Waals surface area contributed by atoms with Crippen molar-refractivity contribution in [3.63, 3.8) is 0 Å². The standard InChI is InChI=1S/C41H51N13O6/c1-48-13-18-53(41(48)60)28-3-2-11-52(24-28)33-21-44-35(36(42)56)37(46-33)45-32-8-5-27(20-43-32)50-16-14-49(15-17-50)22-25-10-12-51(23-25)26-4-6-29-30(19-26)40(59)54(39(29)58)31-7-9-34(55)47-38(31)57/h4-6,8,19-21,25,28,31,41,60H,2-3,7,9-18,22-24H2,1H3,(H2,42,56)(H,43,45,46)(H,47,55,57)/t25?,28-,31?,41?/m1/s1. The lowest BCUT2D eigenvalue weighted by atomic mass is 10.0. The second kappa shape index (κ2) is 16.4. The minimum Gasteiger partial charge on any atom is -0.371 e. The minimum atomic E-state index is -0.982. The number of carbonyl (C=O) groups is 5. The molecule has 1 aromatic carbocycles. The first-order valence-corrected chi connectivity index (χ1v) is 20.9. The zero-order valence-corrected chi connectivity index (χ0v) is 33.7. The number of rotatable bonds is 10. The van der Waals surface area contributed by atoms with Gasteiger partial charge in [-0.3, -0.25) is 48.9 Å². The van der Waals surface area contributed by atoms with Crippen LogP contribution in [0, 0.1) is 5.92 Å². The van der Waals surface area contributed by atoms with Gasteiger partial charge in [0.05, 0.1) is 29.2 Å². The number of likely N-dealkylation sites (N-methyl/N-ethyl adjacent to an activating group) is 1. The number of nitrogens with one attached hydrogen (secondary N) is 2. The Morgan fingerprint density at radius 2 is 1.65 bits per heavy atom. The molecular weight excluding hydrogens is 771 g/mol. The normalized spacial score (nSPS) is 25.6. The van der Waals surface area contributed by atoms with Crippen molar-refractivity contribution in [2.24, 2.45) is 11.7 Å². The quantitative estimate of drug-likeness (QED) is 0.202. The van der Waals surface area contributed by atoms with Crippen molar-refractivity contribution in [3.05, 3.63) is 59.5 Å². The van der Waals surface area contributed by atoms with Crippen LogP contribution in [-0.4, -0.2) is 167 Å². The minimum absolute atomic E-state index is 0.0357. The SMILES string of the molecule is CN1CCN([C@@H]2CCCN(c3cnc(C(N)=O)c(Nc4ccc(N5CCN(CC6CCN(c7ccc8c(c7)C(=O)N(C7CCC(=O)NC7=O)C8=O)C6)CC5)cn4)n3)C2)C1O. The van der Waals surface area contributed by atoms with E-state index in [1.165, 1.54) is 0 Å². The summed E-state index contributed by atoms with van der Waals surface area (Å²) in [6, 6.07) is 8.39. The molecule has 9 rings (SSSR count). The third-order valence-corrected chi connectivity index (χ3v) is 12.9. The van der Waals surface area contributed by atoms with Gasteiger partial charge in [-0.2, -0.15) is 0 Å². The molecule has 5 saturated heterocycles. The zero-order valence-electron chi connectivity index (χ0n) is 33.7. The van der Waals surface area contributed by atoms with Crippen LogP contribution < -0.4 is 31.1 Å². The van der Waals surface area contributed by atoms with E-state index < -0.39 is 41.9 Å². The number of pyridine rings is 1. The number of aliphatic hydroxyl groups excluding tert-OH is 1. The number of nitrogens with zero attached hydrogens (tertiary/aromatic N) is 10. The summed E-state index contributed by atoms with van der Waals surface area (Å²) < 4.78 is 0. The Balaban J connectivity index is 0.771. The van der Waals surface area contributed by atoms with Gasteiger partial charge in [0, 0.05) is 90.1 Å². The van der Waals surface area contributed by atoms with E-state index in [0.717, 1.165) is 101 Å². The summed E-state index contributed by atoms with van der Waals surface area (Å²) in [5.41, 5.74) is 8.20. The third-order valence-electron chi connectivity index (χ3n) is 12.9. The van der Waals surface area contributed by atoms with Gasteiger partial charge >= 0.3 is 0 Å². The molecule has 3 aromatic rings. The third kappa shape index (κ3) is 7.73. The van der Waals surface area contributed by atoms with Crippen molar-refractivity contribution in [2.45, 2.75) is 50.5 Å². The number of primary amides is 1. The number of benzene rings is 1. The summed E-state index contributed by atoms with van der Waals surface area (Å²) in [6.45, 7) is 9.21. The highest BCUT2D eigenvalue weighted by Crippen LogP contribution is 2.33. The van der Waals surface area contributed by atoms with E-state index in [4.69, 9.17) is 10.7 Å². The van der Waals surface area contributed by atoms with Gasteiger partial charge in [-0.25, -0.2) is 15.0 Å². The largest absolute Gasteiger partial charge is 0.371 e. The average Bonchev–Trinajstić information content (AvgIpc) is 3.93. The van der Waals surface area contributed by atoms with E-state index in [1.54, 1.807) is 18.3 Å². The molecule has 0 spiro atoms. The number of carbonyl (C=O) groups excluding carboxylic acids is 5. The number of amides is 5. The Kier molecular flexibility index (Phi) is 10.8. The smallest absolute Gasteiger partial charge is 0.271 e. The Morgan fingerprint density at radius 3 is 2.38 bits per heavy atom. The van der Waals surface area contributed by atoms with E-state index in [0.29, 0.717) is 29.7 Å². The summed E-state index contributed by atoms with van der Waals surface area (Å²) in [4.78, 5) is 91.1. The van der Waals surface area contributed by atoms with Gasteiger partial charge in [0.15, 0.2) is 17.9 Å². The summed E-state index contributed by atoms with van der Waals surface area (Å²) in [5, 5.41) is 16.1. The Bertz CT molecular complexity index is 2180. The molecule has 0 radical (unpaired) electrons. The average molecular weight is 822 g/mol. The van der Waals surface area contributed by atoms with Crippen molar-refractivity contribution in [1.82, 2.24) is 39.9 Å². The number of nitrogens with two attached hydrogens (primary N) is 1. The summed E-state index contributed by atoms with van der Waals surface area (Å²) in [6.07, 6.45) is 5.95. The predicted molar refractivity (Wildman–Crippen MR) is 221 cm³/mol. The van der Waals surface area contributed by atoms with Crippen LogP contribution in [0.25, 0.3) is 0 Å². The van der Waals surface area contributed by atoms with Gasteiger partial charge in [-0.05, 0) is 69.0 Å². The van der Waals surface area contributed by atoms with Crippen LogP contribution in [0.15, 0.2) is 42.7 Å². The highest BCUT2D eigenvalue weighted by atomic mass is 16.3. The van der Waals surface area contributed by atoms with Crippen LogP contribution in [0.1, 0.15) is 63.3 Å². The molecule has 3 unspecified atom stereocenters. The number of piperazine rings is 1. The van der Waals surface area contributed by atoms with Gasteiger partial charge in [-0.1, -0.05) is 0 Å². The number of hydrogen-bond donors (Lipinski definition) is 4. The van der Waals surface area contributed by atoms with Crippen LogP contribution >= 0.6 is 0 Å². The molecule has 6 aliphatic heterocycles. The van der Waals surface area contributed by atoms with E-state index >= 15 is 0 Å². The molecule has 19 heteroatoms. The van der Waals surface area contributed by atoms with Crippen LogP contribution in [0.4, 0.5) is 28.8 Å². The number of fused-ring (bicyclic) bond motifs is 1. The van der Waals surface area contributed by atoms with Gasteiger partial charge in [0.1, 0.15) is 17.7 Å². The Labute approximate surface area is 347 Å². The maximum atomic E-state index is 13.4. The number of hydrogen-bond acceptors (Lipinski definition) is 16. The van der Waals surface area contributed by atoms with Crippen LogP contribution in [-0.2, 0) is 9.59 Å². The topological polar surface area (TPSA) is 217 Å². The lowest BCUT2D eigenvalue weighted by Crippen LogP contribution is -2.54. The molecular formula is C41H51N13O6. The molecule has 5 N–H and O–H groups in total. The lowest BCUT2D eigenvalue weighted by molar-refractivity contribution is -0.136. The van der Waals surface area contributed by atoms with Gasteiger partial charge in [0.25, 0.3) is 17.7 Å². The molecule has 0 saturated carbocycles. The number of anilines is 5. The summed E-state index contributed by atoms with van der Waals surface area (Å²) >= 11 is 0. The fourth-order valence-corrected chi connectivity index (χ4v) is 9.56. The number of piperidine rings is 2. The summed E-state index contributed by atoms with van der Waals surface area (Å²) in [5.74, 6) is -0.847. The number of aromatic nitrogens is 3. The molecule has 60 heavy (non-hydrogen) atoms. The van der Waals surface area contributed by atoms with E-state index in [2.05, 4.69) is 45.1 Å². The van der Waals surface area contributed by atoms with Crippen molar-refractivity contribution >= 4 is 58.4 Å². The van der Waals surface area contributed by atoms with Crippen LogP contribution in [0.5, 0.6) is 0 Å². The first-order valence-electron chi connectivity index (χ1n) is 20.9. The first-order chi connectivity index (χ1) is 29.0. The predicted octanol–water partition coefficient (Wildman–Crippen LogP) is 0.256. The molecule has 5 fully saturated rings. The van der Waals surface area contributed by atoms with E-state index in [-0.39, 0.29) is 36.0 Å². The van der Waals surface area contributed by atoms with Crippen molar-refractivity contribution in [2.75, 3.05) is 99.1 Å². The van der Waals surface area contributed by atoms with Crippen molar-refractivity contribution < 1.29 is 29.1 Å². The Morgan fingerprint density at radius 1 is 0.850 bits per heavy atom. The molecule has 5 amide bonds. The number of aliphatic hydroxyl groups is 1. The van der Waals surface area contributed by atoms with Crippen molar-refractivity contribution in [1.29, 1.82) is 0 Å². The molecule has 0 bridgehead atoms. The molecule has 8 heterocycles. The summed E-state index contributed by atoms with van der Waals surface area (Å²) in [7, 11) is 1.92. The highest BCUT2D eigenvalue weighted by molar-refractivity contribution is 6.23. The monoisotopic (exact) mass is 821 g/mol. The first kappa shape index (κ1) is 39.7. The molecule has 316 valence electrons. The maximum Gasteiger partial charge on any atom is 0.271 e. The van der Waals surface area contributed by atoms with Crippen LogP contribution in [0.3, 0.4) is 0 Å². The van der Waals surface area contributed by atoms with Crippen molar-refractivity contribution in [3.8, 4) is 0 Å². The highest BCUT2D eigenvalue weighted by Gasteiger charge is 2.45. The molecule has 0 aliphatic carbocycles. The lowest BCUT2D eigenvalue weighted by Gasteiger charge is -2.39. The Hall–Kier alpha value is -5.76. The van der Waals surface area contributed by atoms with Gasteiger partial charge in [0.2, 0.25) is 11.8 Å².